The molecule has 0 saturated carbocycles. The number of carbonyl (C=O) groups excluding carboxylic acids is 1. The van der Waals surface area contributed by atoms with E-state index in [9.17, 15) is 32.4 Å². The van der Waals surface area contributed by atoms with Gasteiger partial charge in [0.15, 0.2) is 11.6 Å². The highest BCUT2D eigenvalue weighted by molar-refractivity contribution is 5.94. The Balaban J connectivity index is 1.86. The molecule has 2 aromatic heterocycles. The van der Waals surface area contributed by atoms with Crippen molar-refractivity contribution in [2.75, 3.05) is 13.7 Å². The number of hydrogen-bond donors (Lipinski definition) is 0. The first-order valence-electron chi connectivity index (χ1n) is 14.0. The smallest absolute Gasteiger partial charge is 0.410 e. The Morgan fingerprint density at radius 1 is 1.11 bits per heavy atom. The molecule has 2 aromatic carbocycles. The maximum Gasteiger partial charge on any atom is 0.410 e. The molecule has 4 aromatic rings. The lowest BCUT2D eigenvalue weighted by Crippen LogP contribution is -2.39. The van der Waals surface area contributed by atoms with Crippen molar-refractivity contribution in [1.29, 1.82) is 5.26 Å². The fourth-order valence-electron chi connectivity index (χ4n) is 5.33. The van der Waals surface area contributed by atoms with E-state index in [1.807, 2.05) is 6.07 Å². The van der Waals surface area contributed by atoms with Gasteiger partial charge in [0.05, 0.1) is 47.3 Å². The molecule has 2 atom stereocenters. The number of methoxy groups -OCH3 is 1. The number of likely N-dealkylation sites (tertiary alicyclic amines) is 1. The van der Waals surface area contributed by atoms with E-state index < -0.39 is 54.2 Å². The Morgan fingerprint density at radius 3 is 2.42 bits per heavy atom. The predicted octanol–water partition coefficient (Wildman–Crippen LogP) is 6.64. The van der Waals surface area contributed by atoms with E-state index in [0.717, 1.165) is 15.5 Å². The first-order valence-corrected chi connectivity index (χ1v) is 14.0. The van der Waals surface area contributed by atoms with Crippen molar-refractivity contribution < 1.29 is 31.8 Å². The summed E-state index contributed by atoms with van der Waals surface area (Å²) in [7, 11) is 1.26. The lowest BCUT2D eigenvalue weighted by atomic mass is 9.99. The Labute approximate surface area is 255 Å². The van der Waals surface area contributed by atoms with E-state index in [0.29, 0.717) is 16.8 Å². The minimum atomic E-state index is -4.68. The topological polar surface area (TPSA) is 110 Å². The van der Waals surface area contributed by atoms with Crippen LogP contribution in [-0.2, 0) is 4.74 Å². The number of ether oxygens (including phenoxy) is 2. The summed E-state index contributed by atoms with van der Waals surface area (Å²) in [5.74, 6) is -3.16. The Hall–Kier alpha value is -4.99. The number of nitrogens with zero attached hydrogens (tertiary/aromatic N) is 5. The monoisotopic (exact) mass is 623 g/mol. The summed E-state index contributed by atoms with van der Waals surface area (Å²) in [6, 6.07) is 10.5. The average molecular weight is 624 g/mol. The van der Waals surface area contributed by atoms with Gasteiger partial charge in [-0.3, -0.25) is 19.2 Å². The van der Waals surface area contributed by atoms with Crippen molar-refractivity contribution in [3.8, 4) is 28.6 Å². The van der Waals surface area contributed by atoms with Crippen molar-refractivity contribution in [2.24, 2.45) is 5.92 Å². The molecule has 1 aliphatic rings. The van der Waals surface area contributed by atoms with Crippen LogP contribution in [-0.4, -0.2) is 51.0 Å². The van der Waals surface area contributed by atoms with Gasteiger partial charge in [-0.15, -0.1) is 0 Å². The first kappa shape index (κ1) is 31.4. The van der Waals surface area contributed by atoms with Crippen LogP contribution in [0.25, 0.3) is 27.7 Å². The van der Waals surface area contributed by atoms with Gasteiger partial charge in [0.2, 0.25) is 0 Å². The quantitative estimate of drug-likeness (QED) is 0.235. The van der Waals surface area contributed by atoms with Gasteiger partial charge < -0.3 is 9.47 Å². The molecule has 1 amide bonds. The normalized spacial score (nSPS) is 16.9. The lowest BCUT2D eigenvalue weighted by molar-refractivity contribution is -0.170. The fourth-order valence-corrected chi connectivity index (χ4v) is 5.33. The van der Waals surface area contributed by atoms with E-state index in [-0.39, 0.29) is 33.7 Å². The molecular formula is C32H29F4N5O4. The number of alkyl halides is 3. The number of benzene rings is 2. The van der Waals surface area contributed by atoms with Gasteiger partial charge >= 0.3 is 12.3 Å². The van der Waals surface area contributed by atoms with Crippen molar-refractivity contribution in [3.05, 3.63) is 81.9 Å². The van der Waals surface area contributed by atoms with Gasteiger partial charge in [-0.05, 0) is 64.4 Å². The molecule has 0 N–H and O–H groups in total. The number of pyridine rings is 1. The van der Waals surface area contributed by atoms with Gasteiger partial charge in [-0.1, -0.05) is 6.07 Å². The van der Waals surface area contributed by atoms with Crippen LogP contribution in [0.5, 0.6) is 5.75 Å². The zero-order valence-electron chi connectivity index (χ0n) is 25.1. The molecule has 3 heterocycles. The van der Waals surface area contributed by atoms with Gasteiger partial charge in [0.25, 0.3) is 5.56 Å². The molecule has 1 aliphatic heterocycles. The number of aromatic nitrogens is 3. The zero-order valence-corrected chi connectivity index (χ0v) is 25.1. The van der Waals surface area contributed by atoms with Crippen molar-refractivity contribution >= 4 is 17.0 Å². The highest BCUT2D eigenvalue weighted by atomic mass is 19.4. The minimum absolute atomic E-state index is 0.0428. The highest BCUT2D eigenvalue weighted by Crippen LogP contribution is 2.44. The third-order valence-electron chi connectivity index (χ3n) is 7.43. The molecule has 13 heteroatoms. The van der Waals surface area contributed by atoms with Crippen molar-refractivity contribution in [2.45, 2.75) is 51.9 Å². The van der Waals surface area contributed by atoms with E-state index >= 15 is 0 Å². The largest absolute Gasteiger partial charge is 0.494 e. The summed E-state index contributed by atoms with van der Waals surface area (Å²) in [4.78, 5) is 37.6. The molecule has 0 bridgehead atoms. The molecule has 0 aliphatic carbocycles. The minimum Gasteiger partial charge on any atom is -0.494 e. The van der Waals surface area contributed by atoms with E-state index in [4.69, 9.17) is 14.5 Å². The molecule has 9 nitrogen and oxygen atoms in total. The Kier molecular flexibility index (Phi) is 8.03. The molecule has 0 radical (unpaired) electrons. The second kappa shape index (κ2) is 11.5. The molecule has 1 saturated heterocycles. The van der Waals surface area contributed by atoms with Gasteiger partial charge in [0, 0.05) is 35.6 Å². The predicted molar refractivity (Wildman–Crippen MR) is 156 cm³/mol. The van der Waals surface area contributed by atoms with E-state index in [1.165, 1.54) is 37.6 Å². The molecule has 5 rings (SSSR count). The summed E-state index contributed by atoms with van der Waals surface area (Å²) in [5.41, 5.74) is -0.160. The standard InChI is InChI=1S/C32H29F4N5O4/c1-17-6-7-19(15-38-17)22-10-18(14-37)11-23-27(22)39-28(41(29(23)42)21-8-9-26(44-5)24(33)13-21)25-12-20(32(34,35)36)16-40(25)30(43)45-31(2,3)4/h6-11,13,15,20,25H,12,16H2,1-5H3/t20-,25-/m1/s1. The summed E-state index contributed by atoms with van der Waals surface area (Å²) < 4.78 is 68.9. The molecule has 0 spiro atoms. The second-order valence-corrected chi connectivity index (χ2v) is 11.8. The average Bonchev–Trinajstić information content (AvgIpc) is 3.43. The van der Waals surface area contributed by atoms with Crippen LogP contribution in [0.2, 0.25) is 0 Å². The Bertz CT molecular complexity index is 1890. The van der Waals surface area contributed by atoms with Crippen LogP contribution in [0, 0.1) is 30.0 Å². The van der Waals surface area contributed by atoms with Crippen molar-refractivity contribution in [1.82, 2.24) is 19.4 Å². The second-order valence-electron chi connectivity index (χ2n) is 11.8. The highest BCUT2D eigenvalue weighted by Gasteiger charge is 2.51. The van der Waals surface area contributed by atoms with E-state index in [1.54, 1.807) is 39.8 Å². The maximum absolute atomic E-state index is 15.0. The molecule has 234 valence electrons. The third kappa shape index (κ3) is 6.18. The van der Waals surface area contributed by atoms with Gasteiger partial charge in [0.1, 0.15) is 11.4 Å². The first-order chi connectivity index (χ1) is 21.1. The number of hydrogen-bond acceptors (Lipinski definition) is 7. The van der Waals surface area contributed by atoms with Crippen LogP contribution >= 0.6 is 0 Å². The number of amides is 1. The van der Waals surface area contributed by atoms with Crippen LogP contribution < -0.4 is 10.3 Å². The molecule has 0 unspecified atom stereocenters. The summed E-state index contributed by atoms with van der Waals surface area (Å²) >= 11 is 0. The molecular weight excluding hydrogens is 594 g/mol. The van der Waals surface area contributed by atoms with Crippen LogP contribution in [0.3, 0.4) is 0 Å². The number of aryl methyl sites for hydroxylation is 1. The number of carbonyl (C=O) groups is 1. The Morgan fingerprint density at radius 2 is 1.84 bits per heavy atom. The summed E-state index contributed by atoms with van der Waals surface area (Å²) in [5, 5.41) is 9.74. The molecule has 45 heavy (non-hydrogen) atoms. The van der Waals surface area contributed by atoms with Crippen LogP contribution in [0.15, 0.2) is 53.5 Å². The number of halogens is 4. The summed E-state index contributed by atoms with van der Waals surface area (Å²) in [6.45, 7) is 5.78. The zero-order chi connectivity index (χ0) is 32.8. The maximum atomic E-state index is 15.0. The van der Waals surface area contributed by atoms with Crippen LogP contribution in [0.4, 0.5) is 22.4 Å². The number of fused-ring (bicyclic) bond motifs is 1. The third-order valence-corrected chi connectivity index (χ3v) is 7.43. The molecule has 1 fully saturated rings. The fraction of sp³-hybridized carbons (Fsp3) is 0.344. The lowest BCUT2D eigenvalue weighted by Gasteiger charge is -2.29. The number of nitriles is 1. The van der Waals surface area contributed by atoms with Gasteiger partial charge in [-0.2, -0.15) is 18.4 Å². The summed E-state index contributed by atoms with van der Waals surface area (Å²) in [6.07, 6.45) is -4.80. The SMILES string of the molecule is COc1ccc(-n2c([C@H]3C[C@@H](C(F)(F)F)CN3C(=O)OC(C)(C)C)nc3c(-c4ccc(C)nc4)cc(C#N)cc3c2=O)cc1F. The van der Waals surface area contributed by atoms with Crippen molar-refractivity contribution in [3.63, 3.8) is 0 Å². The van der Waals surface area contributed by atoms with E-state index in [2.05, 4.69) is 4.98 Å². The van der Waals surface area contributed by atoms with Gasteiger partial charge in [-0.25, -0.2) is 14.2 Å². The number of rotatable bonds is 4. The van der Waals surface area contributed by atoms with Crippen LogP contribution in [0.1, 0.15) is 50.3 Å².